The summed E-state index contributed by atoms with van der Waals surface area (Å²) in [7, 11) is 0. The van der Waals surface area contributed by atoms with E-state index in [1.165, 1.54) is 0 Å². The third-order valence-corrected chi connectivity index (χ3v) is 3.09. The number of fused-ring (bicyclic) bond motifs is 1. The molecule has 0 saturated heterocycles. The summed E-state index contributed by atoms with van der Waals surface area (Å²) in [5.41, 5.74) is 1.02. The first-order chi connectivity index (χ1) is 8.66. The molecule has 0 saturated carbocycles. The van der Waals surface area contributed by atoms with Gasteiger partial charge >= 0.3 is 5.97 Å². The fourth-order valence-electron chi connectivity index (χ4n) is 1.69. The third-order valence-electron chi connectivity index (χ3n) is 2.50. The number of benzene rings is 1. The molecule has 0 amide bonds. The molecule has 2 rings (SSSR count). The van der Waals surface area contributed by atoms with E-state index < -0.39 is 5.97 Å². The van der Waals surface area contributed by atoms with Gasteiger partial charge in [-0.25, -0.2) is 0 Å². The lowest BCUT2D eigenvalue weighted by Gasteiger charge is -2.20. The maximum atomic E-state index is 10.4. The highest BCUT2D eigenvalue weighted by molar-refractivity contribution is 9.10. The van der Waals surface area contributed by atoms with Crippen LogP contribution in [0.5, 0.6) is 11.5 Å². The van der Waals surface area contributed by atoms with Crippen LogP contribution < -0.4 is 14.8 Å². The number of aliphatic carboxylic acids is 1. The van der Waals surface area contributed by atoms with E-state index in [1.807, 2.05) is 12.1 Å². The number of carboxylic acid groups (broad SMARTS) is 1. The molecule has 1 aromatic carbocycles. The lowest BCUT2D eigenvalue weighted by molar-refractivity contribution is -0.136. The summed E-state index contributed by atoms with van der Waals surface area (Å²) >= 11 is 3.44. The molecule has 1 aromatic rings. The van der Waals surface area contributed by atoms with Gasteiger partial charge < -0.3 is 19.9 Å². The largest absolute Gasteiger partial charge is 0.486 e. The van der Waals surface area contributed by atoms with Crippen LogP contribution in [0.25, 0.3) is 0 Å². The topological polar surface area (TPSA) is 67.8 Å². The molecule has 0 aliphatic carbocycles. The van der Waals surface area contributed by atoms with E-state index in [0.29, 0.717) is 26.3 Å². The smallest absolute Gasteiger partial charge is 0.304 e. The van der Waals surface area contributed by atoms with Crippen LogP contribution in [0.1, 0.15) is 12.0 Å². The quantitative estimate of drug-likeness (QED) is 0.811. The van der Waals surface area contributed by atoms with E-state index in [1.54, 1.807) is 0 Å². The van der Waals surface area contributed by atoms with Crippen LogP contribution in [0, 0.1) is 0 Å². The van der Waals surface area contributed by atoms with Crippen molar-refractivity contribution < 1.29 is 19.4 Å². The fraction of sp³-hybridized carbons (Fsp3) is 0.417. The first-order valence-electron chi connectivity index (χ1n) is 5.67. The first kappa shape index (κ1) is 13.2. The number of hydrogen-bond donors (Lipinski definition) is 2. The van der Waals surface area contributed by atoms with Gasteiger partial charge in [0.1, 0.15) is 13.2 Å². The van der Waals surface area contributed by atoms with E-state index in [4.69, 9.17) is 14.6 Å². The molecule has 1 heterocycles. The Bertz CT molecular complexity index is 450. The SMILES string of the molecule is O=C(O)CCNCc1cc(Br)c2c(c1)OCCO2. The van der Waals surface area contributed by atoms with Crippen LogP contribution in [-0.2, 0) is 11.3 Å². The van der Waals surface area contributed by atoms with Crippen molar-refractivity contribution in [1.82, 2.24) is 5.32 Å². The number of carbonyl (C=O) groups is 1. The standard InChI is InChI=1S/C12H14BrNO4/c13-9-5-8(7-14-2-1-11(15)16)6-10-12(9)18-4-3-17-10/h5-6,14H,1-4,7H2,(H,15,16). The van der Waals surface area contributed by atoms with Gasteiger partial charge in [-0.05, 0) is 33.6 Å². The summed E-state index contributed by atoms with van der Waals surface area (Å²) in [5, 5.41) is 11.6. The molecule has 98 valence electrons. The number of ether oxygens (including phenoxy) is 2. The molecule has 0 radical (unpaired) electrons. The number of rotatable bonds is 5. The molecule has 0 fully saturated rings. The Morgan fingerprint density at radius 3 is 2.94 bits per heavy atom. The second-order valence-electron chi connectivity index (χ2n) is 3.92. The van der Waals surface area contributed by atoms with Gasteiger partial charge in [0.15, 0.2) is 11.5 Å². The highest BCUT2D eigenvalue weighted by atomic mass is 79.9. The molecule has 6 heteroatoms. The van der Waals surface area contributed by atoms with Gasteiger partial charge in [0.2, 0.25) is 0 Å². The number of halogens is 1. The number of nitrogens with one attached hydrogen (secondary N) is 1. The fourth-order valence-corrected chi connectivity index (χ4v) is 2.30. The molecular formula is C12H14BrNO4. The number of carboxylic acids is 1. The predicted molar refractivity (Wildman–Crippen MR) is 69.1 cm³/mol. The Labute approximate surface area is 113 Å². The third kappa shape index (κ3) is 3.36. The van der Waals surface area contributed by atoms with Crippen LogP contribution in [-0.4, -0.2) is 30.8 Å². The molecule has 1 aliphatic rings. The van der Waals surface area contributed by atoms with Crippen LogP contribution in [0.15, 0.2) is 16.6 Å². The average molecular weight is 316 g/mol. The molecule has 0 spiro atoms. The van der Waals surface area contributed by atoms with E-state index in [2.05, 4.69) is 21.2 Å². The van der Waals surface area contributed by atoms with Crippen molar-refractivity contribution in [1.29, 1.82) is 0 Å². The van der Waals surface area contributed by atoms with E-state index in [9.17, 15) is 4.79 Å². The Balaban J connectivity index is 1.97. The summed E-state index contributed by atoms with van der Waals surface area (Å²) < 4.78 is 11.9. The van der Waals surface area contributed by atoms with E-state index in [-0.39, 0.29) is 6.42 Å². The molecule has 0 atom stereocenters. The Hall–Kier alpha value is -1.27. The maximum Gasteiger partial charge on any atom is 0.304 e. The minimum atomic E-state index is -0.800. The minimum Gasteiger partial charge on any atom is -0.486 e. The van der Waals surface area contributed by atoms with Crippen molar-refractivity contribution >= 4 is 21.9 Å². The second kappa shape index (κ2) is 6.06. The van der Waals surface area contributed by atoms with Crippen molar-refractivity contribution in [3.63, 3.8) is 0 Å². The molecule has 2 N–H and O–H groups in total. The van der Waals surface area contributed by atoms with E-state index >= 15 is 0 Å². The van der Waals surface area contributed by atoms with Crippen molar-refractivity contribution in [2.75, 3.05) is 19.8 Å². The highest BCUT2D eigenvalue weighted by Gasteiger charge is 2.16. The Morgan fingerprint density at radius 1 is 1.39 bits per heavy atom. The zero-order chi connectivity index (χ0) is 13.0. The monoisotopic (exact) mass is 315 g/mol. The normalized spacial score (nSPS) is 13.4. The lowest BCUT2D eigenvalue weighted by Crippen LogP contribution is -2.19. The van der Waals surface area contributed by atoms with Gasteiger partial charge in [0, 0.05) is 13.1 Å². The predicted octanol–water partition coefficient (Wildman–Crippen LogP) is 1.78. The second-order valence-corrected chi connectivity index (χ2v) is 4.78. The van der Waals surface area contributed by atoms with Crippen LogP contribution in [0.3, 0.4) is 0 Å². The molecule has 1 aliphatic heterocycles. The molecule has 18 heavy (non-hydrogen) atoms. The summed E-state index contributed by atoms with van der Waals surface area (Å²) in [4.78, 5) is 10.4. The molecule has 0 bridgehead atoms. The van der Waals surface area contributed by atoms with Crippen molar-refractivity contribution in [3.05, 3.63) is 22.2 Å². The molecule has 0 unspecified atom stereocenters. The zero-order valence-corrected chi connectivity index (χ0v) is 11.3. The minimum absolute atomic E-state index is 0.117. The molecule has 5 nitrogen and oxygen atoms in total. The average Bonchev–Trinajstić information content (AvgIpc) is 2.35. The Morgan fingerprint density at radius 2 is 2.17 bits per heavy atom. The number of hydrogen-bond acceptors (Lipinski definition) is 4. The van der Waals surface area contributed by atoms with Crippen LogP contribution >= 0.6 is 15.9 Å². The van der Waals surface area contributed by atoms with Crippen LogP contribution in [0.4, 0.5) is 0 Å². The van der Waals surface area contributed by atoms with Crippen molar-refractivity contribution in [3.8, 4) is 11.5 Å². The summed E-state index contributed by atoms with van der Waals surface area (Å²) in [6.07, 6.45) is 0.117. The summed E-state index contributed by atoms with van der Waals surface area (Å²) in [6, 6.07) is 3.86. The van der Waals surface area contributed by atoms with Gasteiger partial charge in [0.05, 0.1) is 10.9 Å². The van der Waals surface area contributed by atoms with Crippen molar-refractivity contribution in [2.24, 2.45) is 0 Å². The van der Waals surface area contributed by atoms with Gasteiger partial charge in [-0.1, -0.05) is 0 Å². The maximum absolute atomic E-state index is 10.4. The zero-order valence-electron chi connectivity index (χ0n) is 9.74. The molecular weight excluding hydrogens is 302 g/mol. The van der Waals surface area contributed by atoms with Gasteiger partial charge in [-0.3, -0.25) is 4.79 Å². The van der Waals surface area contributed by atoms with Gasteiger partial charge in [-0.15, -0.1) is 0 Å². The van der Waals surface area contributed by atoms with Crippen molar-refractivity contribution in [2.45, 2.75) is 13.0 Å². The van der Waals surface area contributed by atoms with Crippen LogP contribution in [0.2, 0.25) is 0 Å². The highest BCUT2D eigenvalue weighted by Crippen LogP contribution is 2.38. The first-order valence-corrected chi connectivity index (χ1v) is 6.46. The van der Waals surface area contributed by atoms with Gasteiger partial charge in [-0.2, -0.15) is 0 Å². The summed E-state index contributed by atoms with van der Waals surface area (Å²) in [5.74, 6) is 0.659. The van der Waals surface area contributed by atoms with Gasteiger partial charge in [0.25, 0.3) is 0 Å². The molecule has 0 aromatic heterocycles. The lowest BCUT2D eigenvalue weighted by atomic mass is 10.2. The van der Waals surface area contributed by atoms with E-state index in [0.717, 1.165) is 21.5 Å². The Kier molecular flexibility index (Phi) is 4.43. The summed E-state index contributed by atoms with van der Waals surface area (Å²) in [6.45, 7) is 2.15.